The molecular weight excluding hydrogens is 286 g/mol. The molecule has 1 amide bonds. The van der Waals surface area contributed by atoms with E-state index in [2.05, 4.69) is 27.2 Å². The summed E-state index contributed by atoms with van der Waals surface area (Å²) < 4.78 is 1.03. The molecule has 0 spiro atoms. The zero-order valence-corrected chi connectivity index (χ0v) is 11.3. The molecule has 0 radical (unpaired) electrons. The van der Waals surface area contributed by atoms with Gasteiger partial charge >= 0.3 is 0 Å². The van der Waals surface area contributed by atoms with Crippen LogP contribution >= 0.6 is 27.7 Å². The summed E-state index contributed by atoms with van der Waals surface area (Å²) in [5.74, 6) is 2.34. The number of carbonyl (C=O) groups is 1. The number of terminal acetylenes is 1. The molecule has 1 rings (SSSR count). The molecule has 1 atom stereocenters. The van der Waals surface area contributed by atoms with Crippen molar-refractivity contribution in [1.82, 2.24) is 5.32 Å². The SMILES string of the molecule is C#CCNC(=O)C(C)Sc1ccc(Br)cc1. The highest BCUT2D eigenvalue weighted by molar-refractivity contribution is 9.10. The Morgan fingerprint density at radius 3 is 2.75 bits per heavy atom. The average Bonchev–Trinajstić information content (AvgIpc) is 2.29. The number of nitrogens with one attached hydrogen (secondary N) is 1. The van der Waals surface area contributed by atoms with Gasteiger partial charge in [-0.3, -0.25) is 4.79 Å². The van der Waals surface area contributed by atoms with Crippen molar-refractivity contribution in [1.29, 1.82) is 0 Å². The normalized spacial score (nSPS) is 11.6. The Morgan fingerprint density at radius 1 is 1.56 bits per heavy atom. The van der Waals surface area contributed by atoms with Crippen LogP contribution in [0.3, 0.4) is 0 Å². The minimum absolute atomic E-state index is 0.0362. The third-order valence-electron chi connectivity index (χ3n) is 1.86. The molecule has 84 valence electrons. The van der Waals surface area contributed by atoms with Gasteiger partial charge in [-0.2, -0.15) is 0 Å². The zero-order chi connectivity index (χ0) is 12.0. The van der Waals surface area contributed by atoms with Gasteiger partial charge in [-0.1, -0.05) is 21.9 Å². The molecule has 16 heavy (non-hydrogen) atoms. The lowest BCUT2D eigenvalue weighted by molar-refractivity contribution is -0.120. The van der Waals surface area contributed by atoms with Gasteiger partial charge in [0, 0.05) is 9.37 Å². The van der Waals surface area contributed by atoms with E-state index in [4.69, 9.17) is 6.42 Å². The van der Waals surface area contributed by atoms with Gasteiger partial charge in [0.1, 0.15) is 0 Å². The number of hydrogen-bond acceptors (Lipinski definition) is 2. The van der Waals surface area contributed by atoms with Gasteiger partial charge in [-0.05, 0) is 31.2 Å². The van der Waals surface area contributed by atoms with E-state index in [0.717, 1.165) is 9.37 Å². The van der Waals surface area contributed by atoms with Gasteiger partial charge in [0.25, 0.3) is 0 Å². The molecule has 0 fully saturated rings. The van der Waals surface area contributed by atoms with Crippen LogP contribution in [0.25, 0.3) is 0 Å². The first-order valence-corrected chi connectivity index (χ1v) is 6.44. The van der Waals surface area contributed by atoms with E-state index in [-0.39, 0.29) is 17.7 Å². The molecule has 0 aromatic heterocycles. The molecule has 4 heteroatoms. The van der Waals surface area contributed by atoms with Crippen molar-refractivity contribution in [3.63, 3.8) is 0 Å². The fourth-order valence-electron chi connectivity index (χ4n) is 1.05. The van der Waals surface area contributed by atoms with E-state index < -0.39 is 0 Å². The smallest absolute Gasteiger partial charge is 0.233 e. The number of halogens is 1. The Bertz CT molecular complexity index is 396. The van der Waals surface area contributed by atoms with E-state index in [1.807, 2.05) is 31.2 Å². The molecule has 0 bridgehead atoms. The number of thioether (sulfide) groups is 1. The maximum atomic E-state index is 11.5. The van der Waals surface area contributed by atoms with Gasteiger partial charge in [-0.25, -0.2) is 0 Å². The Balaban J connectivity index is 2.51. The predicted molar refractivity (Wildman–Crippen MR) is 71.3 cm³/mol. The highest BCUT2D eigenvalue weighted by Gasteiger charge is 2.12. The fraction of sp³-hybridized carbons (Fsp3) is 0.250. The van der Waals surface area contributed by atoms with Crippen LogP contribution in [-0.4, -0.2) is 17.7 Å². The van der Waals surface area contributed by atoms with Gasteiger partial charge in [-0.15, -0.1) is 18.2 Å². The minimum atomic E-state index is -0.144. The molecule has 0 aliphatic rings. The molecule has 1 aromatic rings. The van der Waals surface area contributed by atoms with Crippen molar-refractivity contribution in [2.24, 2.45) is 0 Å². The van der Waals surface area contributed by atoms with Crippen molar-refractivity contribution in [3.05, 3.63) is 28.7 Å². The standard InChI is InChI=1S/C12H12BrNOS/c1-3-8-14-12(15)9(2)16-11-6-4-10(13)5-7-11/h1,4-7,9H,8H2,2H3,(H,14,15). The summed E-state index contributed by atoms with van der Waals surface area (Å²) in [6.45, 7) is 2.14. The van der Waals surface area contributed by atoms with Crippen molar-refractivity contribution in [2.75, 3.05) is 6.54 Å². The molecule has 0 aliphatic carbocycles. The second-order valence-corrected chi connectivity index (χ2v) is 5.47. The van der Waals surface area contributed by atoms with Crippen LogP contribution in [0, 0.1) is 12.3 Å². The van der Waals surface area contributed by atoms with E-state index in [0.29, 0.717) is 0 Å². The molecule has 1 N–H and O–H groups in total. The second-order valence-electron chi connectivity index (χ2n) is 3.14. The van der Waals surface area contributed by atoms with Crippen LogP contribution in [0.5, 0.6) is 0 Å². The topological polar surface area (TPSA) is 29.1 Å². The van der Waals surface area contributed by atoms with E-state index in [9.17, 15) is 4.79 Å². The predicted octanol–water partition coefficient (Wildman–Crippen LogP) is 2.68. The molecule has 0 saturated carbocycles. The van der Waals surface area contributed by atoms with Crippen molar-refractivity contribution in [3.8, 4) is 12.3 Å². The summed E-state index contributed by atoms with van der Waals surface area (Å²) in [6.07, 6.45) is 5.07. The van der Waals surface area contributed by atoms with Crippen LogP contribution in [-0.2, 0) is 4.79 Å². The molecule has 1 aromatic carbocycles. The van der Waals surface area contributed by atoms with E-state index in [1.165, 1.54) is 11.8 Å². The molecule has 0 aliphatic heterocycles. The lowest BCUT2D eigenvalue weighted by Crippen LogP contribution is -2.30. The molecular formula is C12H12BrNOS. The second kappa shape index (κ2) is 6.62. The Kier molecular flexibility index (Phi) is 5.44. The molecule has 0 saturated heterocycles. The number of benzene rings is 1. The van der Waals surface area contributed by atoms with Crippen LogP contribution in [0.1, 0.15) is 6.92 Å². The fourth-order valence-corrected chi connectivity index (χ4v) is 2.21. The number of rotatable bonds is 4. The third-order valence-corrected chi connectivity index (χ3v) is 3.50. The van der Waals surface area contributed by atoms with Gasteiger partial charge in [0.15, 0.2) is 0 Å². The molecule has 1 unspecified atom stereocenters. The first-order valence-electron chi connectivity index (χ1n) is 4.77. The summed E-state index contributed by atoms with van der Waals surface area (Å²) >= 11 is 4.87. The lowest BCUT2D eigenvalue weighted by atomic mass is 10.4. The summed E-state index contributed by atoms with van der Waals surface area (Å²) in [7, 11) is 0. The first-order chi connectivity index (χ1) is 7.63. The van der Waals surface area contributed by atoms with Gasteiger partial charge in [0.2, 0.25) is 5.91 Å². The Morgan fingerprint density at radius 2 is 2.19 bits per heavy atom. The van der Waals surface area contributed by atoms with Crippen molar-refractivity contribution < 1.29 is 4.79 Å². The van der Waals surface area contributed by atoms with Crippen LogP contribution in [0.15, 0.2) is 33.6 Å². The molecule has 2 nitrogen and oxygen atoms in total. The summed E-state index contributed by atoms with van der Waals surface area (Å²) in [5, 5.41) is 2.51. The van der Waals surface area contributed by atoms with Crippen LogP contribution in [0.4, 0.5) is 0 Å². The quantitative estimate of drug-likeness (QED) is 0.684. The largest absolute Gasteiger partial charge is 0.344 e. The third kappa shape index (κ3) is 4.30. The lowest BCUT2D eigenvalue weighted by Gasteiger charge is -2.10. The highest BCUT2D eigenvalue weighted by Crippen LogP contribution is 2.24. The number of hydrogen-bond donors (Lipinski definition) is 1. The van der Waals surface area contributed by atoms with Crippen molar-refractivity contribution in [2.45, 2.75) is 17.1 Å². The van der Waals surface area contributed by atoms with Crippen LogP contribution in [0.2, 0.25) is 0 Å². The van der Waals surface area contributed by atoms with E-state index in [1.54, 1.807) is 0 Å². The molecule has 0 heterocycles. The maximum absolute atomic E-state index is 11.5. The van der Waals surface area contributed by atoms with Crippen LogP contribution < -0.4 is 5.32 Å². The van der Waals surface area contributed by atoms with E-state index >= 15 is 0 Å². The van der Waals surface area contributed by atoms with Gasteiger partial charge in [0.05, 0.1) is 11.8 Å². The maximum Gasteiger partial charge on any atom is 0.233 e. The first kappa shape index (κ1) is 13.1. The Hall–Kier alpha value is -0.920. The number of amides is 1. The number of carbonyl (C=O) groups excluding carboxylic acids is 1. The van der Waals surface area contributed by atoms with Gasteiger partial charge < -0.3 is 5.32 Å². The Labute approximate surface area is 108 Å². The monoisotopic (exact) mass is 297 g/mol. The summed E-state index contributed by atoms with van der Waals surface area (Å²) in [6, 6.07) is 7.85. The highest BCUT2D eigenvalue weighted by atomic mass is 79.9. The zero-order valence-electron chi connectivity index (χ0n) is 8.87. The average molecular weight is 298 g/mol. The summed E-state index contributed by atoms with van der Waals surface area (Å²) in [5.41, 5.74) is 0. The summed E-state index contributed by atoms with van der Waals surface area (Å²) in [4.78, 5) is 12.6. The van der Waals surface area contributed by atoms with Crippen molar-refractivity contribution >= 4 is 33.6 Å². The minimum Gasteiger partial charge on any atom is -0.344 e.